The average Bonchev–Trinajstić information content (AvgIpc) is 2.72. The van der Waals surface area contributed by atoms with E-state index in [9.17, 15) is 14.4 Å². The molecule has 1 saturated heterocycles. The molecule has 0 aromatic heterocycles. The Morgan fingerprint density at radius 2 is 2.12 bits per heavy atom. The molecule has 1 aliphatic heterocycles. The largest absolute Gasteiger partial charge is 0.466 e. The third kappa shape index (κ3) is 4.54. The number of ether oxygens (including phenoxy) is 3. The van der Waals surface area contributed by atoms with Crippen LogP contribution in [0.15, 0.2) is 12.2 Å². The monoisotopic (exact) mass is 243 g/mol. The van der Waals surface area contributed by atoms with Crippen LogP contribution in [0.1, 0.15) is 0 Å². The lowest BCUT2D eigenvalue weighted by molar-refractivity contribution is -0.139. The first-order valence-corrected chi connectivity index (χ1v) is 4.98. The Bertz CT molecular complexity index is 338. The third-order valence-electron chi connectivity index (χ3n) is 2.01. The molecule has 1 rings (SSSR count). The fraction of sp³-hybridized carbons (Fsp3) is 0.500. The SMILES string of the molecule is COC(=O)/C=C/C(=O)OCCN1CCOC1=O. The van der Waals surface area contributed by atoms with Gasteiger partial charge in [-0.15, -0.1) is 0 Å². The van der Waals surface area contributed by atoms with Gasteiger partial charge in [-0.2, -0.15) is 0 Å². The Balaban J connectivity index is 2.18. The molecule has 1 amide bonds. The molecule has 0 atom stereocenters. The van der Waals surface area contributed by atoms with Crippen LogP contribution < -0.4 is 0 Å². The minimum Gasteiger partial charge on any atom is -0.466 e. The molecule has 1 fully saturated rings. The number of carbonyl (C=O) groups is 3. The number of amides is 1. The Kier molecular flexibility index (Phi) is 4.99. The first-order valence-electron chi connectivity index (χ1n) is 4.98. The summed E-state index contributed by atoms with van der Waals surface area (Å²) in [5.41, 5.74) is 0. The maximum absolute atomic E-state index is 11.1. The van der Waals surface area contributed by atoms with E-state index in [0.717, 1.165) is 12.2 Å². The van der Waals surface area contributed by atoms with Crippen LogP contribution in [0.5, 0.6) is 0 Å². The summed E-state index contributed by atoms with van der Waals surface area (Å²) in [5, 5.41) is 0. The van der Waals surface area contributed by atoms with Crippen molar-refractivity contribution in [3.8, 4) is 0 Å². The van der Waals surface area contributed by atoms with Crippen LogP contribution in [-0.4, -0.2) is 56.3 Å². The highest BCUT2D eigenvalue weighted by molar-refractivity contribution is 5.91. The standard InChI is InChI=1S/C10H13NO6/c1-15-8(12)2-3-9(13)16-6-4-11-5-7-17-10(11)14/h2-3H,4-7H2,1H3/b3-2+. The lowest BCUT2D eigenvalue weighted by Gasteiger charge is -2.11. The van der Waals surface area contributed by atoms with Crippen LogP contribution in [0, 0.1) is 0 Å². The predicted octanol–water partition coefficient (Wildman–Crippen LogP) is -0.289. The lowest BCUT2D eigenvalue weighted by Crippen LogP contribution is -2.28. The first-order chi connectivity index (χ1) is 8.13. The molecule has 7 nitrogen and oxygen atoms in total. The van der Waals surface area contributed by atoms with Crippen LogP contribution in [0.3, 0.4) is 0 Å². The fourth-order valence-corrected chi connectivity index (χ4v) is 1.14. The smallest absolute Gasteiger partial charge is 0.410 e. The van der Waals surface area contributed by atoms with Gasteiger partial charge in [-0.05, 0) is 0 Å². The summed E-state index contributed by atoms with van der Waals surface area (Å²) in [6, 6.07) is 0. The lowest BCUT2D eigenvalue weighted by atomic mass is 10.5. The number of hydrogen-bond acceptors (Lipinski definition) is 6. The molecule has 0 bridgehead atoms. The molecule has 0 radical (unpaired) electrons. The van der Waals surface area contributed by atoms with Gasteiger partial charge in [0.25, 0.3) is 0 Å². The van der Waals surface area contributed by atoms with Crippen molar-refractivity contribution in [1.82, 2.24) is 4.90 Å². The minimum absolute atomic E-state index is 0.0550. The number of methoxy groups -OCH3 is 1. The van der Waals surface area contributed by atoms with Gasteiger partial charge in [0.1, 0.15) is 13.2 Å². The van der Waals surface area contributed by atoms with E-state index in [-0.39, 0.29) is 13.2 Å². The number of hydrogen-bond donors (Lipinski definition) is 0. The summed E-state index contributed by atoms with van der Waals surface area (Å²) in [6.07, 6.45) is 1.52. The fourth-order valence-electron chi connectivity index (χ4n) is 1.14. The summed E-state index contributed by atoms with van der Waals surface area (Å²) in [7, 11) is 1.21. The van der Waals surface area contributed by atoms with Crippen molar-refractivity contribution in [1.29, 1.82) is 0 Å². The average molecular weight is 243 g/mol. The molecule has 0 spiro atoms. The van der Waals surface area contributed by atoms with Crippen molar-refractivity contribution >= 4 is 18.0 Å². The van der Waals surface area contributed by atoms with Gasteiger partial charge in [0.15, 0.2) is 0 Å². The van der Waals surface area contributed by atoms with E-state index in [2.05, 4.69) is 9.47 Å². The summed E-state index contributed by atoms with van der Waals surface area (Å²) >= 11 is 0. The molecule has 0 N–H and O–H groups in total. The maximum Gasteiger partial charge on any atom is 0.410 e. The number of rotatable bonds is 5. The second-order valence-electron chi connectivity index (χ2n) is 3.13. The van der Waals surface area contributed by atoms with Gasteiger partial charge in [-0.3, -0.25) is 0 Å². The van der Waals surface area contributed by atoms with E-state index in [1.807, 2.05) is 0 Å². The molecule has 1 heterocycles. The van der Waals surface area contributed by atoms with E-state index in [4.69, 9.17) is 4.74 Å². The number of esters is 2. The van der Waals surface area contributed by atoms with E-state index >= 15 is 0 Å². The second-order valence-corrected chi connectivity index (χ2v) is 3.13. The minimum atomic E-state index is -0.664. The van der Waals surface area contributed by atoms with Crippen LogP contribution in [-0.2, 0) is 23.8 Å². The van der Waals surface area contributed by atoms with E-state index < -0.39 is 18.0 Å². The topological polar surface area (TPSA) is 82.1 Å². The van der Waals surface area contributed by atoms with Crippen molar-refractivity contribution in [2.24, 2.45) is 0 Å². The normalized spacial score (nSPS) is 14.9. The molecule has 0 unspecified atom stereocenters. The highest BCUT2D eigenvalue weighted by Gasteiger charge is 2.21. The van der Waals surface area contributed by atoms with Gasteiger partial charge in [-0.1, -0.05) is 0 Å². The zero-order valence-electron chi connectivity index (χ0n) is 9.38. The molecular formula is C10H13NO6. The molecule has 7 heteroatoms. The van der Waals surface area contributed by atoms with Crippen LogP contribution >= 0.6 is 0 Å². The van der Waals surface area contributed by atoms with Crippen molar-refractivity contribution in [3.05, 3.63) is 12.2 Å². The highest BCUT2D eigenvalue weighted by Crippen LogP contribution is 2.01. The molecule has 17 heavy (non-hydrogen) atoms. The van der Waals surface area contributed by atoms with Crippen molar-refractivity contribution < 1.29 is 28.6 Å². The molecule has 1 aliphatic rings. The quantitative estimate of drug-likeness (QED) is 0.375. The van der Waals surface area contributed by atoms with E-state index in [1.165, 1.54) is 12.0 Å². The molecule has 0 saturated carbocycles. The van der Waals surface area contributed by atoms with Gasteiger partial charge < -0.3 is 19.1 Å². The van der Waals surface area contributed by atoms with E-state index in [0.29, 0.717) is 13.2 Å². The Morgan fingerprint density at radius 3 is 2.71 bits per heavy atom. The Labute approximate surface area is 97.9 Å². The number of cyclic esters (lactones) is 1. The van der Waals surface area contributed by atoms with E-state index in [1.54, 1.807) is 0 Å². The summed E-state index contributed by atoms with van der Waals surface area (Å²) < 4.78 is 13.7. The number of carbonyl (C=O) groups excluding carboxylic acids is 3. The summed E-state index contributed by atoms with van der Waals surface area (Å²) in [6.45, 7) is 1.18. The van der Waals surface area contributed by atoms with Crippen LogP contribution in [0.25, 0.3) is 0 Å². The second kappa shape index (κ2) is 6.51. The van der Waals surface area contributed by atoms with Crippen LogP contribution in [0.4, 0.5) is 4.79 Å². The maximum atomic E-state index is 11.1. The first kappa shape index (κ1) is 13.0. The Morgan fingerprint density at radius 1 is 1.41 bits per heavy atom. The van der Waals surface area contributed by atoms with Gasteiger partial charge >= 0.3 is 18.0 Å². The van der Waals surface area contributed by atoms with Gasteiger partial charge in [0, 0.05) is 12.2 Å². The molecule has 0 aromatic rings. The highest BCUT2D eigenvalue weighted by atomic mass is 16.6. The zero-order valence-corrected chi connectivity index (χ0v) is 9.38. The van der Waals surface area contributed by atoms with Crippen molar-refractivity contribution in [2.75, 3.05) is 33.4 Å². The third-order valence-corrected chi connectivity index (χ3v) is 2.01. The van der Waals surface area contributed by atoms with Crippen LogP contribution in [0.2, 0.25) is 0 Å². The molecule has 94 valence electrons. The molecule has 0 aromatic carbocycles. The predicted molar refractivity (Wildman–Crippen MR) is 55.0 cm³/mol. The van der Waals surface area contributed by atoms with Gasteiger partial charge in [0.05, 0.1) is 20.2 Å². The van der Waals surface area contributed by atoms with Crippen molar-refractivity contribution in [3.63, 3.8) is 0 Å². The van der Waals surface area contributed by atoms with Gasteiger partial charge in [0.2, 0.25) is 0 Å². The zero-order chi connectivity index (χ0) is 12.7. The van der Waals surface area contributed by atoms with Crippen molar-refractivity contribution in [2.45, 2.75) is 0 Å². The molecule has 0 aliphatic carbocycles. The summed E-state index contributed by atoms with van der Waals surface area (Å²) in [5.74, 6) is -1.30. The molecular weight excluding hydrogens is 230 g/mol. The number of nitrogens with zero attached hydrogens (tertiary/aromatic N) is 1. The Hall–Kier alpha value is -2.05. The summed E-state index contributed by atoms with van der Waals surface area (Å²) in [4.78, 5) is 34.1. The van der Waals surface area contributed by atoms with Gasteiger partial charge in [-0.25, -0.2) is 14.4 Å².